The number of aliphatic carboxylic acids is 1. The number of alkyl halides is 3. The highest BCUT2D eigenvalue weighted by atomic mass is 19.4. The van der Waals surface area contributed by atoms with E-state index >= 15 is 0 Å². The third kappa shape index (κ3) is 5.33. The zero-order valence-electron chi connectivity index (χ0n) is 14.6. The lowest BCUT2D eigenvalue weighted by atomic mass is 9.78. The Morgan fingerprint density at radius 1 is 1.08 bits per heavy atom. The first-order chi connectivity index (χ1) is 11.7. The number of hydrogen-bond acceptors (Lipinski definition) is 3. The second-order valence-corrected chi connectivity index (χ2v) is 7.26. The van der Waals surface area contributed by atoms with Crippen molar-refractivity contribution in [1.82, 2.24) is 9.80 Å². The van der Waals surface area contributed by atoms with Crippen LogP contribution in [0.3, 0.4) is 0 Å². The van der Waals surface area contributed by atoms with Gasteiger partial charge in [-0.25, -0.2) is 0 Å². The summed E-state index contributed by atoms with van der Waals surface area (Å²) in [6.07, 6.45) is -0.753. The Kier molecular flexibility index (Phi) is 6.71. The molecule has 3 unspecified atom stereocenters. The van der Waals surface area contributed by atoms with E-state index in [4.69, 9.17) is 5.11 Å². The van der Waals surface area contributed by atoms with E-state index in [2.05, 4.69) is 0 Å². The van der Waals surface area contributed by atoms with E-state index in [1.807, 2.05) is 0 Å². The Morgan fingerprint density at radius 3 is 2.40 bits per heavy atom. The minimum absolute atomic E-state index is 0.0394. The third-order valence-corrected chi connectivity index (χ3v) is 5.52. The number of carbonyl (C=O) groups is 2. The number of likely N-dealkylation sites (N-methyl/N-ethyl adjacent to an activating group) is 1. The van der Waals surface area contributed by atoms with Crippen molar-refractivity contribution in [3.8, 4) is 0 Å². The topological polar surface area (TPSA) is 60.9 Å². The lowest BCUT2D eigenvalue weighted by molar-refractivity contribution is -0.200. The van der Waals surface area contributed by atoms with Crippen molar-refractivity contribution in [2.75, 3.05) is 26.7 Å². The average molecular weight is 364 g/mol. The molecule has 2 rings (SSSR count). The Morgan fingerprint density at radius 2 is 1.76 bits per heavy atom. The van der Waals surface area contributed by atoms with Gasteiger partial charge in [0.2, 0.25) is 5.91 Å². The molecule has 8 heteroatoms. The minimum atomic E-state index is -4.32. The molecule has 2 aliphatic rings. The number of carboxylic acids is 1. The molecule has 25 heavy (non-hydrogen) atoms. The highest BCUT2D eigenvalue weighted by Gasteiger charge is 2.49. The molecule has 1 aliphatic carbocycles. The number of amides is 1. The van der Waals surface area contributed by atoms with E-state index < -0.39 is 24.0 Å². The maximum atomic E-state index is 13.3. The molecule has 1 amide bonds. The lowest BCUT2D eigenvalue weighted by Gasteiger charge is -2.35. The van der Waals surface area contributed by atoms with Gasteiger partial charge < -0.3 is 10.0 Å². The van der Waals surface area contributed by atoms with Gasteiger partial charge in [-0.1, -0.05) is 12.8 Å². The quantitative estimate of drug-likeness (QED) is 0.833. The van der Waals surface area contributed by atoms with Crippen LogP contribution in [0.2, 0.25) is 0 Å². The maximum absolute atomic E-state index is 13.3. The van der Waals surface area contributed by atoms with Crippen molar-refractivity contribution in [3.05, 3.63) is 0 Å². The van der Waals surface area contributed by atoms with Crippen molar-refractivity contribution < 1.29 is 27.9 Å². The van der Waals surface area contributed by atoms with E-state index in [0.717, 1.165) is 6.42 Å². The van der Waals surface area contributed by atoms with E-state index in [9.17, 15) is 22.8 Å². The molecule has 0 aromatic heterocycles. The van der Waals surface area contributed by atoms with Crippen LogP contribution in [0.4, 0.5) is 13.2 Å². The first kappa shape index (κ1) is 20.0. The standard InChI is InChI=1S/C17H27F3N2O3/c1-21(11-15(23)24)12-5-4-9-22(10-8-12)16(25)13-6-2-3-7-14(13)17(18,19)20/h12-14H,2-11H2,1H3,(H,23,24). The van der Waals surface area contributed by atoms with Crippen molar-refractivity contribution in [2.24, 2.45) is 11.8 Å². The van der Waals surface area contributed by atoms with E-state index in [-0.39, 0.29) is 24.9 Å². The highest BCUT2D eigenvalue weighted by Crippen LogP contribution is 2.42. The molecule has 5 nitrogen and oxygen atoms in total. The Hall–Kier alpha value is -1.31. The fourth-order valence-electron chi connectivity index (χ4n) is 4.14. The molecule has 1 saturated heterocycles. The predicted molar refractivity (Wildman–Crippen MR) is 86.0 cm³/mol. The molecule has 0 aromatic carbocycles. The van der Waals surface area contributed by atoms with Gasteiger partial charge in [0.1, 0.15) is 0 Å². The average Bonchev–Trinajstić information content (AvgIpc) is 2.79. The summed E-state index contributed by atoms with van der Waals surface area (Å²) in [5.74, 6) is -3.76. The van der Waals surface area contributed by atoms with E-state index in [1.54, 1.807) is 16.8 Å². The van der Waals surface area contributed by atoms with Crippen LogP contribution in [0.15, 0.2) is 0 Å². The summed E-state index contributed by atoms with van der Waals surface area (Å²) in [4.78, 5) is 26.9. The zero-order chi connectivity index (χ0) is 18.6. The van der Waals surface area contributed by atoms with Gasteiger partial charge in [0, 0.05) is 25.0 Å². The summed E-state index contributed by atoms with van der Waals surface area (Å²) in [5, 5.41) is 8.89. The Labute approximate surface area is 146 Å². The molecule has 0 spiro atoms. The van der Waals surface area contributed by atoms with Crippen LogP contribution >= 0.6 is 0 Å². The predicted octanol–water partition coefficient (Wildman–Crippen LogP) is 2.75. The van der Waals surface area contributed by atoms with Gasteiger partial charge in [-0.2, -0.15) is 13.2 Å². The summed E-state index contributed by atoms with van der Waals surface area (Å²) in [6, 6.07) is 0.0404. The Balaban J connectivity index is 1.99. The van der Waals surface area contributed by atoms with Gasteiger partial charge >= 0.3 is 12.1 Å². The second kappa shape index (κ2) is 8.38. The molecule has 1 saturated carbocycles. The molecule has 1 heterocycles. The van der Waals surface area contributed by atoms with Gasteiger partial charge in [-0.15, -0.1) is 0 Å². The van der Waals surface area contributed by atoms with Gasteiger partial charge in [-0.05, 0) is 39.2 Å². The van der Waals surface area contributed by atoms with Gasteiger partial charge in [0.25, 0.3) is 0 Å². The summed E-state index contributed by atoms with van der Waals surface area (Å²) in [7, 11) is 1.73. The van der Waals surface area contributed by atoms with Gasteiger partial charge in [0.05, 0.1) is 12.5 Å². The zero-order valence-corrected chi connectivity index (χ0v) is 14.6. The van der Waals surface area contributed by atoms with Crippen LogP contribution in [-0.2, 0) is 9.59 Å². The summed E-state index contributed by atoms with van der Waals surface area (Å²) >= 11 is 0. The normalized spacial score (nSPS) is 28.7. The van der Waals surface area contributed by atoms with Crippen LogP contribution in [0.25, 0.3) is 0 Å². The van der Waals surface area contributed by atoms with Crippen molar-refractivity contribution >= 4 is 11.9 Å². The van der Waals surface area contributed by atoms with E-state index in [0.29, 0.717) is 45.2 Å². The molecular formula is C17H27F3N2O3. The van der Waals surface area contributed by atoms with Crippen LogP contribution in [-0.4, -0.2) is 65.7 Å². The molecule has 1 N–H and O–H groups in total. The third-order valence-electron chi connectivity index (χ3n) is 5.52. The number of carboxylic acid groups (broad SMARTS) is 1. The second-order valence-electron chi connectivity index (χ2n) is 7.26. The van der Waals surface area contributed by atoms with Gasteiger partial charge in [-0.3, -0.25) is 14.5 Å². The number of carbonyl (C=O) groups excluding carboxylic acids is 1. The van der Waals surface area contributed by atoms with Crippen molar-refractivity contribution in [2.45, 2.75) is 57.2 Å². The first-order valence-electron chi connectivity index (χ1n) is 8.97. The molecule has 1 aliphatic heterocycles. The van der Waals surface area contributed by atoms with Crippen LogP contribution in [0, 0.1) is 11.8 Å². The Bertz CT molecular complexity index is 484. The SMILES string of the molecule is CN(CC(=O)O)C1CCCN(C(=O)C2CCCCC2C(F)(F)F)CC1. The fraction of sp³-hybridized carbons (Fsp3) is 0.882. The minimum Gasteiger partial charge on any atom is -0.480 e. The molecule has 0 bridgehead atoms. The largest absolute Gasteiger partial charge is 0.480 e. The maximum Gasteiger partial charge on any atom is 0.392 e. The molecule has 144 valence electrons. The van der Waals surface area contributed by atoms with Crippen LogP contribution in [0.1, 0.15) is 44.9 Å². The summed E-state index contributed by atoms with van der Waals surface area (Å²) in [6.45, 7) is 0.781. The number of halogens is 3. The fourth-order valence-corrected chi connectivity index (χ4v) is 4.14. The van der Waals surface area contributed by atoms with E-state index in [1.165, 1.54) is 0 Å². The highest BCUT2D eigenvalue weighted by molar-refractivity contribution is 5.79. The molecule has 0 radical (unpaired) electrons. The first-order valence-corrected chi connectivity index (χ1v) is 8.97. The molecule has 0 aromatic rings. The monoisotopic (exact) mass is 364 g/mol. The number of hydrogen-bond donors (Lipinski definition) is 1. The van der Waals surface area contributed by atoms with Crippen LogP contribution < -0.4 is 0 Å². The smallest absolute Gasteiger partial charge is 0.392 e. The summed E-state index contributed by atoms with van der Waals surface area (Å²) < 4.78 is 39.8. The lowest BCUT2D eigenvalue weighted by Crippen LogP contribution is -2.45. The van der Waals surface area contributed by atoms with Crippen molar-refractivity contribution in [3.63, 3.8) is 0 Å². The van der Waals surface area contributed by atoms with Crippen LogP contribution in [0.5, 0.6) is 0 Å². The molecular weight excluding hydrogens is 337 g/mol. The molecule has 2 fully saturated rings. The summed E-state index contributed by atoms with van der Waals surface area (Å²) in [5.41, 5.74) is 0. The van der Waals surface area contributed by atoms with Crippen molar-refractivity contribution in [1.29, 1.82) is 0 Å². The number of rotatable bonds is 4. The number of nitrogens with zero attached hydrogens (tertiary/aromatic N) is 2. The molecule has 3 atom stereocenters. The van der Waals surface area contributed by atoms with Gasteiger partial charge in [0.15, 0.2) is 0 Å². The number of likely N-dealkylation sites (tertiary alicyclic amines) is 1.